The molecular formula is C18H23ClN4O2S. The Bertz CT molecular complexity index is 779. The first-order valence-corrected chi connectivity index (χ1v) is 9.86. The molecule has 6 nitrogen and oxygen atoms in total. The van der Waals surface area contributed by atoms with Crippen LogP contribution in [0, 0.1) is 6.92 Å². The second-order valence-corrected chi connectivity index (χ2v) is 7.60. The number of ether oxygens (including phenoxy) is 2. The molecule has 0 bridgehead atoms. The zero-order valence-corrected chi connectivity index (χ0v) is 16.5. The van der Waals surface area contributed by atoms with E-state index in [2.05, 4.69) is 20.6 Å². The fourth-order valence-corrected chi connectivity index (χ4v) is 3.54. The van der Waals surface area contributed by atoms with E-state index >= 15 is 0 Å². The number of thiazole rings is 1. The van der Waals surface area contributed by atoms with Crippen LogP contribution in [-0.4, -0.2) is 30.7 Å². The van der Waals surface area contributed by atoms with Crippen molar-refractivity contribution < 1.29 is 9.47 Å². The molecular weight excluding hydrogens is 372 g/mol. The van der Waals surface area contributed by atoms with E-state index in [0.29, 0.717) is 42.8 Å². The van der Waals surface area contributed by atoms with Crippen LogP contribution in [0.3, 0.4) is 0 Å². The van der Waals surface area contributed by atoms with E-state index in [-0.39, 0.29) is 0 Å². The van der Waals surface area contributed by atoms with E-state index in [1.807, 2.05) is 32.2 Å². The third-order valence-corrected chi connectivity index (χ3v) is 4.90. The van der Waals surface area contributed by atoms with Crippen molar-refractivity contribution in [1.82, 2.24) is 15.6 Å². The van der Waals surface area contributed by atoms with Crippen LogP contribution >= 0.6 is 22.9 Å². The number of aryl methyl sites for hydroxylation is 1. The summed E-state index contributed by atoms with van der Waals surface area (Å²) in [5.41, 5.74) is 0.974. The van der Waals surface area contributed by atoms with Crippen LogP contribution in [0.4, 0.5) is 0 Å². The van der Waals surface area contributed by atoms with Crippen molar-refractivity contribution in [2.45, 2.75) is 33.4 Å². The molecule has 26 heavy (non-hydrogen) atoms. The van der Waals surface area contributed by atoms with Crippen molar-refractivity contribution in [2.24, 2.45) is 4.99 Å². The molecule has 2 heterocycles. The summed E-state index contributed by atoms with van der Waals surface area (Å²) in [6.45, 7) is 7.26. The Kier molecular flexibility index (Phi) is 6.57. The Balaban J connectivity index is 1.68. The lowest BCUT2D eigenvalue weighted by molar-refractivity contribution is 0.297. The van der Waals surface area contributed by atoms with Crippen LogP contribution in [0.1, 0.15) is 28.8 Å². The molecule has 2 N–H and O–H groups in total. The average Bonchev–Trinajstić information content (AvgIpc) is 2.89. The summed E-state index contributed by atoms with van der Waals surface area (Å²) >= 11 is 8.03. The molecule has 8 heteroatoms. The lowest BCUT2D eigenvalue weighted by atomic mass is 10.2. The van der Waals surface area contributed by atoms with Gasteiger partial charge in [0.15, 0.2) is 17.5 Å². The Labute approximate surface area is 162 Å². The third-order valence-electron chi connectivity index (χ3n) is 3.70. The van der Waals surface area contributed by atoms with Crippen molar-refractivity contribution in [3.8, 4) is 11.5 Å². The zero-order chi connectivity index (χ0) is 18.4. The standard InChI is InChI=1S/C18H23ClN4O2S/c1-3-20-18(23-11-16-21-9-12(2)26-16)22-10-13-7-14(19)17-15(8-13)24-5-4-6-25-17/h7-9H,3-6,10-11H2,1-2H3,(H2,20,22,23). The van der Waals surface area contributed by atoms with Crippen molar-refractivity contribution in [1.29, 1.82) is 0 Å². The Hall–Kier alpha value is -1.99. The highest BCUT2D eigenvalue weighted by Gasteiger charge is 2.15. The SMILES string of the molecule is CCNC(=NCc1cc(Cl)c2c(c1)OCCCO2)NCc1ncc(C)s1. The minimum Gasteiger partial charge on any atom is -0.489 e. The summed E-state index contributed by atoms with van der Waals surface area (Å²) in [6.07, 6.45) is 2.73. The molecule has 0 radical (unpaired) electrons. The highest BCUT2D eigenvalue weighted by molar-refractivity contribution is 7.11. The maximum absolute atomic E-state index is 6.35. The molecule has 1 aliphatic heterocycles. The van der Waals surface area contributed by atoms with E-state index in [1.165, 1.54) is 4.88 Å². The highest BCUT2D eigenvalue weighted by Crippen LogP contribution is 2.38. The van der Waals surface area contributed by atoms with E-state index in [9.17, 15) is 0 Å². The van der Waals surface area contributed by atoms with Crippen molar-refractivity contribution in [3.05, 3.63) is 38.8 Å². The van der Waals surface area contributed by atoms with Gasteiger partial charge in [0.25, 0.3) is 0 Å². The quantitative estimate of drug-likeness (QED) is 0.600. The second-order valence-electron chi connectivity index (χ2n) is 5.87. The van der Waals surface area contributed by atoms with Gasteiger partial charge in [0, 0.05) is 24.0 Å². The number of nitrogens with zero attached hydrogens (tertiary/aromatic N) is 2. The second kappa shape index (κ2) is 9.09. The molecule has 0 amide bonds. The largest absolute Gasteiger partial charge is 0.489 e. The zero-order valence-electron chi connectivity index (χ0n) is 15.0. The molecule has 2 aromatic rings. The van der Waals surface area contributed by atoms with Gasteiger partial charge in [-0.25, -0.2) is 9.98 Å². The van der Waals surface area contributed by atoms with Gasteiger partial charge in [-0.2, -0.15) is 0 Å². The predicted molar refractivity (Wildman–Crippen MR) is 106 cm³/mol. The number of rotatable bonds is 5. The summed E-state index contributed by atoms with van der Waals surface area (Å²) in [5.74, 6) is 2.06. The minimum absolute atomic E-state index is 0.489. The number of guanidine groups is 1. The molecule has 0 unspecified atom stereocenters. The smallest absolute Gasteiger partial charge is 0.191 e. The summed E-state index contributed by atoms with van der Waals surface area (Å²) in [6, 6.07) is 3.83. The topological polar surface area (TPSA) is 67.8 Å². The molecule has 0 aliphatic carbocycles. The first-order valence-electron chi connectivity index (χ1n) is 8.67. The van der Waals surface area contributed by atoms with Gasteiger partial charge in [0.1, 0.15) is 5.01 Å². The van der Waals surface area contributed by atoms with E-state index in [1.54, 1.807) is 11.3 Å². The maximum atomic E-state index is 6.35. The van der Waals surface area contributed by atoms with Crippen LogP contribution in [-0.2, 0) is 13.1 Å². The van der Waals surface area contributed by atoms with Crippen LogP contribution in [0.15, 0.2) is 23.3 Å². The van der Waals surface area contributed by atoms with Gasteiger partial charge in [0.2, 0.25) is 0 Å². The number of hydrogen-bond acceptors (Lipinski definition) is 5. The van der Waals surface area contributed by atoms with E-state index in [0.717, 1.165) is 29.5 Å². The third kappa shape index (κ3) is 5.02. The van der Waals surface area contributed by atoms with Crippen molar-refractivity contribution in [2.75, 3.05) is 19.8 Å². The van der Waals surface area contributed by atoms with Crippen molar-refractivity contribution >= 4 is 28.9 Å². The minimum atomic E-state index is 0.489. The summed E-state index contributed by atoms with van der Waals surface area (Å²) in [5, 5.41) is 8.14. The average molecular weight is 395 g/mol. The number of benzene rings is 1. The number of aromatic nitrogens is 1. The Morgan fingerprint density at radius 1 is 1.31 bits per heavy atom. The molecule has 1 aliphatic rings. The van der Waals surface area contributed by atoms with Crippen molar-refractivity contribution in [3.63, 3.8) is 0 Å². The molecule has 140 valence electrons. The van der Waals surface area contributed by atoms with E-state index < -0.39 is 0 Å². The Morgan fingerprint density at radius 3 is 2.92 bits per heavy atom. The molecule has 0 fully saturated rings. The molecule has 0 atom stereocenters. The fraction of sp³-hybridized carbons (Fsp3) is 0.444. The summed E-state index contributed by atoms with van der Waals surface area (Å²) in [4.78, 5) is 10.2. The molecule has 3 rings (SSSR count). The molecule has 0 saturated heterocycles. The molecule has 1 aromatic carbocycles. The predicted octanol–water partition coefficient (Wildman–Crippen LogP) is 3.52. The van der Waals surface area contributed by atoms with Gasteiger partial charge < -0.3 is 20.1 Å². The number of nitrogens with one attached hydrogen (secondary N) is 2. The first-order chi connectivity index (χ1) is 12.7. The van der Waals surface area contributed by atoms with Crippen LogP contribution in [0.2, 0.25) is 5.02 Å². The van der Waals surface area contributed by atoms with Gasteiger partial charge in [-0.05, 0) is 31.5 Å². The van der Waals surface area contributed by atoms with Crippen LogP contribution in [0.5, 0.6) is 11.5 Å². The maximum Gasteiger partial charge on any atom is 0.191 e. The fourth-order valence-electron chi connectivity index (χ4n) is 2.53. The number of halogens is 1. The number of aliphatic imine (C=N–C) groups is 1. The number of hydrogen-bond donors (Lipinski definition) is 2. The van der Waals surface area contributed by atoms with Gasteiger partial charge in [-0.3, -0.25) is 0 Å². The Morgan fingerprint density at radius 2 is 2.15 bits per heavy atom. The van der Waals surface area contributed by atoms with Gasteiger partial charge in [-0.1, -0.05) is 11.6 Å². The summed E-state index contributed by atoms with van der Waals surface area (Å²) in [7, 11) is 0. The normalized spacial score (nSPS) is 14.0. The monoisotopic (exact) mass is 394 g/mol. The molecule has 0 spiro atoms. The van der Waals surface area contributed by atoms with Gasteiger partial charge in [-0.15, -0.1) is 11.3 Å². The lowest BCUT2D eigenvalue weighted by Gasteiger charge is -2.12. The lowest BCUT2D eigenvalue weighted by Crippen LogP contribution is -2.36. The van der Waals surface area contributed by atoms with Gasteiger partial charge >= 0.3 is 0 Å². The van der Waals surface area contributed by atoms with Crippen LogP contribution in [0.25, 0.3) is 0 Å². The first kappa shape index (κ1) is 18.8. The molecule has 0 saturated carbocycles. The van der Waals surface area contributed by atoms with E-state index in [4.69, 9.17) is 21.1 Å². The number of fused-ring (bicyclic) bond motifs is 1. The molecule has 1 aromatic heterocycles. The summed E-state index contributed by atoms with van der Waals surface area (Å²) < 4.78 is 11.4. The van der Waals surface area contributed by atoms with Gasteiger partial charge in [0.05, 0.1) is 31.3 Å². The van der Waals surface area contributed by atoms with Crippen LogP contribution < -0.4 is 20.1 Å². The highest BCUT2D eigenvalue weighted by atomic mass is 35.5.